The van der Waals surface area contributed by atoms with E-state index >= 15 is 0 Å². The molecule has 0 bridgehead atoms. The standard InChI is InChI=1S/C14H16ClN5O/c1-10(13(21)19-14-16-6-3-7-17-14)20(2)9-11-4-5-12(15)18-8-11/h3-8,10H,9H2,1-2H3,(H,16,17,19,21). The number of likely N-dealkylation sites (N-methyl/N-ethyl adjacent to an activating group) is 1. The second-order valence-electron chi connectivity index (χ2n) is 4.64. The van der Waals surface area contributed by atoms with Crippen molar-refractivity contribution in [2.75, 3.05) is 12.4 Å². The third kappa shape index (κ3) is 4.47. The molecule has 0 aromatic carbocycles. The molecule has 0 radical (unpaired) electrons. The van der Waals surface area contributed by atoms with Crippen molar-refractivity contribution in [3.63, 3.8) is 0 Å². The predicted octanol–water partition coefficient (Wildman–Crippen LogP) is 1.98. The van der Waals surface area contributed by atoms with Crippen molar-refractivity contribution < 1.29 is 4.79 Å². The minimum atomic E-state index is -0.329. The Hall–Kier alpha value is -2.05. The average molecular weight is 306 g/mol. The Morgan fingerprint density at radius 3 is 2.67 bits per heavy atom. The van der Waals surface area contributed by atoms with Crippen LogP contribution in [0.25, 0.3) is 0 Å². The van der Waals surface area contributed by atoms with E-state index in [1.54, 1.807) is 30.7 Å². The van der Waals surface area contributed by atoms with Gasteiger partial charge in [0.2, 0.25) is 11.9 Å². The van der Waals surface area contributed by atoms with E-state index in [0.29, 0.717) is 17.6 Å². The number of halogens is 1. The molecule has 2 rings (SSSR count). The zero-order valence-electron chi connectivity index (χ0n) is 11.8. The first-order valence-corrected chi connectivity index (χ1v) is 6.82. The van der Waals surface area contributed by atoms with Gasteiger partial charge in [-0.3, -0.25) is 15.0 Å². The van der Waals surface area contributed by atoms with Gasteiger partial charge in [0.05, 0.1) is 6.04 Å². The van der Waals surface area contributed by atoms with Gasteiger partial charge in [0.25, 0.3) is 0 Å². The van der Waals surface area contributed by atoms with Crippen molar-refractivity contribution in [3.05, 3.63) is 47.5 Å². The third-order valence-electron chi connectivity index (χ3n) is 3.06. The lowest BCUT2D eigenvalue weighted by molar-refractivity contribution is -0.120. The van der Waals surface area contributed by atoms with Crippen LogP contribution in [0.1, 0.15) is 12.5 Å². The molecule has 0 spiro atoms. The number of hydrogen-bond acceptors (Lipinski definition) is 5. The van der Waals surface area contributed by atoms with Gasteiger partial charge in [-0.05, 0) is 31.7 Å². The Kier molecular flexibility index (Phi) is 5.19. The van der Waals surface area contributed by atoms with Crippen LogP contribution >= 0.6 is 11.6 Å². The van der Waals surface area contributed by atoms with Crippen LogP contribution in [0.4, 0.5) is 5.95 Å². The Morgan fingerprint density at radius 1 is 1.33 bits per heavy atom. The van der Waals surface area contributed by atoms with E-state index in [2.05, 4.69) is 20.3 Å². The number of pyridine rings is 1. The number of anilines is 1. The van der Waals surface area contributed by atoms with E-state index in [1.807, 2.05) is 24.9 Å². The maximum atomic E-state index is 12.1. The Morgan fingerprint density at radius 2 is 2.05 bits per heavy atom. The van der Waals surface area contributed by atoms with Crippen LogP contribution in [-0.2, 0) is 11.3 Å². The predicted molar refractivity (Wildman–Crippen MR) is 80.8 cm³/mol. The molecule has 2 aromatic rings. The molecule has 0 fully saturated rings. The van der Waals surface area contributed by atoms with E-state index in [9.17, 15) is 4.79 Å². The van der Waals surface area contributed by atoms with Gasteiger partial charge in [-0.2, -0.15) is 0 Å². The number of hydrogen-bond donors (Lipinski definition) is 1. The van der Waals surface area contributed by atoms with Crippen molar-refractivity contribution in [2.24, 2.45) is 0 Å². The number of nitrogens with one attached hydrogen (secondary N) is 1. The van der Waals surface area contributed by atoms with Gasteiger partial charge >= 0.3 is 0 Å². The summed E-state index contributed by atoms with van der Waals surface area (Å²) in [4.78, 5) is 26.0. The number of nitrogens with zero attached hydrogens (tertiary/aromatic N) is 4. The van der Waals surface area contributed by atoms with Gasteiger partial charge in [0, 0.05) is 25.1 Å². The van der Waals surface area contributed by atoms with Crippen LogP contribution in [-0.4, -0.2) is 38.8 Å². The Balaban J connectivity index is 1.93. The van der Waals surface area contributed by atoms with Crippen LogP contribution in [0, 0.1) is 0 Å². The summed E-state index contributed by atoms with van der Waals surface area (Å²) >= 11 is 5.75. The molecule has 0 saturated heterocycles. The lowest BCUT2D eigenvalue weighted by Gasteiger charge is -2.23. The van der Waals surface area contributed by atoms with Crippen LogP contribution < -0.4 is 5.32 Å². The van der Waals surface area contributed by atoms with Crippen molar-refractivity contribution >= 4 is 23.5 Å². The van der Waals surface area contributed by atoms with Gasteiger partial charge in [-0.25, -0.2) is 15.0 Å². The number of amides is 1. The molecular formula is C14H16ClN5O. The maximum Gasteiger partial charge on any atom is 0.243 e. The second kappa shape index (κ2) is 7.10. The maximum absolute atomic E-state index is 12.1. The molecular weight excluding hydrogens is 290 g/mol. The molecule has 0 aliphatic carbocycles. The largest absolute Gasteiger partial charge is 0.293 e. The van der Waals surface area contributed by atoms with E-state index < -0.39 is 0 Å². The molecule has 21 heavy (non-hydrogen) atoms. The zero-order chi connectivity index (χ0) is 15.2. The summed E-state index contributed by atoms with van der Waals surface area (Å²) in [5.74, 6) is 0.140. The fourth-order valence-electron chi connectivity index (χ4n) is 1.70. The minimum absolute atomic E-state index is 0.161. The van der Waals surface area contributed by atoms with Crippen LogP contribution in [0.15, 0.2) is 36.8 Å². The van der Waals surface area contributed by atoms with Gasteiger partial charge < -0.3 is 0 Å². The molecule has 0 aliphatic rings. The van der Waals surface area contributed by atoms with Crippen LogP contribution in [0.5, 0.6) is 0 Å². The Bertz CT molecular complexity index is 590. The lowest BCUT2D eigenvalue weighted by Crippen LogP contribution is -2.39. The number of carbonyl (C=O) groups excluding carboxylic acids is 1. The molecule has 2 heterocycles. The molecule has 1 unspecified atom stereocenters. The van der Waals surface area contributed by atoms with Crippen LogP contribution in [0.3, 0.4) is 0 Å². The van der Waals surface area contributed by atoms with Gasteiger partial charge in [0.15, 0.2) is 0 Å². The highest BCUT2D eigenvalue weighted by atomic mass is 35.5. The highest BCUT2D eigenvalue weighted by molar-refractivity contribution is 6.29. The van der Waals surface area contributed by atoms with Gasteiger partial charge in [-0.1, -0.05) is 17.7 Å². The Labute approximate surface area is 128 Å². The van der Waals surface area contributed by atoms with Gasteiger partial charge in [-0.15, -0.1) is 0 Å². The van der Waals surface area contributed by atoms with E-state index in [4.69, 9.17) is 11.6 Å². The zero-order valence-corrected chi connectivity index (χ0v) is 12.6. The molecule has 0 saturated carbocycles. The minimum Gasteiger partial charge on any atom is -0.293 e. The molecule has 0 aliphatic heterocycles. The highest BCUT2D eigenvalue weighted by Crippen LogP contribution is 2.09. The highest BCUT2D eigenvalue weighted by Gasteiger charge is 2.19. The summed E-state index contributed by atoms with van der Waals surface area (Å²) in [5, 5.41) is 3.13. The smallest absolute Gasteiger partial charge is 0.243 e. The summed E-state index contributed by atoms with van der Waals surface area (Å²) in [6.45, 7) is 2.41. The summed E-state index contributed by atoms with van der Waals surface area (Å²) < 4.78 is 0. The van der Waals surface area contributed by atoms with E-state index in [1.165, 1.54) is 0 Å². The van der Waals surface area contributed by atoms with Crippen molar-refractivity contribution in [2.45, 2.75) is 19.5 Å². The van der Waals surface area contributed by atoms with E-state index in [0.717, 1.165) is 5.56 Å². The van der Waals surface area contributed by atoms with E-state index in [-0.39, 0.29) is 11.9 Å². The van der Waals surface area contributed by atoms with Crippen molar-refractivity contribution in [1.29, 1.82) is 0 Å². The number of rotatable bonds is 5. The molecule has 1 amide bonds. The normalized spacial score (nSPS) is 12.2. The molecule has 2 aromatic heterocycles. The van der Waals surface area contributed by atoms with Crippen molar-refractivity contribution in [3.8, 4) is 0 Å². The quantitative estimate of drug-likeness (QED) is 0.855. The lowest BCUT2D eigenvalue weighted by atomic mass is 10.2. The monoisotopic (exact) mass is 305 g/mol. The van der Waals surface area contributed by atoms with Gasteiger partial charge in [0.1, 0.15) is 5.15 Å². The first kappa shape index (κ1) is 15.3. The first-order valence-electron chi connectivity index (χ1n) is 6.45. The average Bonchev–Trinajstić information content (AvgIpc) is 2.49. The SMILES string of the molecule is CC(C(=O)Nc1ncccn1)N(C)Cc1ccc(Cl)nc1. The topological polar surface area (TPSA) is 71.0 Å². The molecule has 6 nitrogen and oxygen atoms in total. The van der Waals surface area contributed by atoms with Crippen LogP contribution in [0.2, 0.25) is 5.15 Å². The number of aromatic nitrogens is 3. The summed E-state index contributed by atoms with van der Waals surface area (Å²) in [5.41, 5.74) is 0.984. The molecule has 110 valence electrons. The summed E-state index contributed by atoms with van der Waals surface area (Å²) in [6.07, 6.45) is 4.86. The van der Waals surface area contributed by atoms with Crippen molar-refractivity contribution in [1.82, 2.24) is 19.9 Å². The first-order chi connectivity index (χ1) is 10.1. The molecule has 1 N–H and O–H groups in total. The molecule has 7 heteroatoms. The fourth-order valence-corrected chi connectivity index (χ4v) is 1.82. The molecule has 1 atom stereocenters. The summed E-state index contributed by atoms with van der Waals surface area (Å²) in [6, 6.07) is 4.98. The fraction of sp³-hybridized carbons (Fsp3) is 0.286. The number of carbonyl (C=O) groups is 1. The third-order valence-corrected chi connectivity index (χ3v) is 3.29. The second-order valence-corrected chi connectivity index (χ2v) is 5.03. The summed E-state index contributed by atoms with van der Waals surface area (Å²) in [7, 11) is 1.87.